The van der Waals surface area contributed by atoms with Crippen LogP contribution in [0.15, 0.2) is 42.9 Å². The van der Waals surface area contributed by atoms with Crippen LogP contribution < -0.4 is 10.6 Å². The van der Waals surface area contributed by atoms with Crippen molar-refractivity contribution >= 4 is 17.4 Å². The van der Waals surface area contributed by atoms with E-state index in [0.717, 1.165) is 0 Å². The highest BCUT2D eigenvalue weighted by molar-refractivity contribution is 5.90. The molecule has 24 heavy (non-hydrogen) atoms. The maximum Gasteiger partial charge on any atom is 0.414 e. The van der Waals surface area contributed by atoms with Crippen molar-refractivity contribution in [1.29, 1.82) is 0 Å². The van der Waals surface area contributed by atoms with Crippen LogP contribution in [0.4, 0.5) is 14.9 Å². The van der Waals surface area contributed by atoms with Gasteiger partial charge in [0.25, 0.3) is 0 Å². The van der Waals surface area contributed by atoms with E-state index < -0.39 is 11.9 Å². The Hall–Kier alpha value is -3.00. The van der Waals surface area contributed by atoms with Crippen LogP contribution in [0.3, 0.4) is 0 Å². The number of carbonyl (C=O) groups is 1. The van der Waals surface area contributed by atoms with E-state index in [2.05, 4.69) is 10.1 Å². The van der Waals surface area contributed by atoms with Gasteiger partial charge in [0.1, 0.15) is 18.2 Å². The van der Waals surface area contributed by atoms with Crippen molar-refractivity contribution < 1.29 is 13.9 Å². The molecule has 1 unspecified atom stereocenters. The quantitative estimate of drug-likeness (QED) is 0.793. The summed E-state index contributed by atoms with van der Waals surface area (Å²) in [6.45, 7) is 0.557. The molecule has 2 N–H and O–H groups in total. The van der Waals surface area contributed by atoms with Gasteiger partial charge in [-0.1, -0.05) is 0 Å². The minimum absolute atomic E-state index is 0.237. The summed E-state index contributed by atoms with van der Waals surface area (Å²) in [6, 6.07) is 8.15. The van der Waals surface area contributed by atoms with E-state index in [1.807, 2.05) is 0 Å². The Labute approximate surface area is 136 Å². The molecule has 1 atom stereocenters. The monoisotopic (exact) mass is 327 g/mol. The molecule has 8 heteroatoms. The second-order valence-corrected chi connectivity index (χ2v) is 5.49. The maximum atomic E-state index is 14.6. The van der Waals surface area contributed by atoms with Crippen LogP contribution in [0.1, 0.15) is 0 Å². The number of carbonyl (C=O) groups excluding carboxylic acids is 1. The van der Waals surface area contributed by atoms with Crippen LogP contribution in [0, 0.1) is 5.82 Å². The van der Waals surface area contributed by atoms with Crippen molar-refractivity contribution in [3.8, 4) is 11.1 Å². The average molecular weight is 327 g/mol. The molecule has 122 valence electrons. The lowest BCUT2D eigenvalue weighted by atomic mass is 10.1. The Kier molecular flexibility index (Phi) is 3.39. The van der Waals surface area contributed by atoms with Gasteiger partial charge in [0.15, 0.2) is 5.65 Å². The summed E-state index contributed by atoms with van der Waals surface area (Å²) in [6.07, 6.45) is 2.28. The number of ether oxygens (including phenoxy) is 1. The summed E-state index contributed by atoms with van der Waals surface area (Å²) in [7, 11) is 0. The average Bonchev–Trinajstić information content (AvgIpc) is 3.20. The Morgan fingerprint density at radius 2 is 2.21 bits per heavy atom. The number of hydrogen-bond donors (Lipinski definition) is 1. The van der Waals surface area contributed by atoms with Crippen LogP contribution in [0.5, 0.6) is 0 Å². The number of nitrogens with two attached hydrogens (primary N) is 1. The van der Waals surface area contributed by atoms with Gasteiger partial charge in [0.2, 0.25) is 0 Å². The Morgan fingerprint density at radius 1 is 1.33 bits per heavy atom. The number of rotatable bonds is 3. The first-order chi connectivity index (χ1) is 11.7. The van der Waals surface area contributed by atoms with E-state index in [-0.39, 0.29) is 12.6 Å². The third-order valence-corrected chi connectivity index (χ3v) is 3.99. The van der Waals surface area contributed by atoms with Gasteiger partial charge < -0.3 is 10.5 Å². The van der Waals surface area contributed by atoms with E-state index in [1.165, 1.54) is 17.3 Å². The lowest BCUT2D eigenvalue weighted by molar-refractivity contribution is 0.145. The first-order valence-electron chi connectivity index (χ1n) is 7.43. The zero-order valence-electron chi connectivity index (χ0n) is 12.6. The fourth-order valence-electron chi connectivity index (χ4n) is 2.74. The number of pyridine rings is 1. The molecule has 3 aromatic rings. The zero-order chi connectivity index (χ0) is 16.7. The molecule has 2 aromatic heterocycles. The third-order valence-electron chi connectivity index (χ3n) is 3.99. The second kappa shape index (κ2) is 5.57. The van der Waals surface area contributed by atoms with Crippen molar-refractivity contribution in [2.75, 3.05) is 18.0 Å². The SMILES string of the molecule is NCC1CN(c2ccc(-c3ccn4ncnc4c3)c(F)c2)C(=O)O1. The maximum absolute atomic E-state index is 14.6. The first-order valence-corrected chi connectivity index (χ1v) is 7.43. The van der Waals surface area contributed by atoms with Crippen LogP contribution in [0.25, 0.3) is 16.8 Å². The molecule has 1 aliphatic heterocycles. The molecule has 0 bridgehead atoms. The number of aromatic nitrogens is 3. The molecule has 1 amide bonds. The topological polar surface area (TPSA) is 85.8 Å². The van der Waals surface area contributed by atoms with Crippen LogP contribution in [-0.4, -0.2) is 39.9 Å². The van der Waals surface area contributed by atoms with Gasteiger partial charge in [0, 0.05) is 18.3 Å². The largest absolute Gasteiger partial charge is 0.443 e. The third kappa shape index (κ3) is 2.37. The minimum Gasteiger partial charge on any atom is -0.443 e. The Balaban J connectivity index is 1.68. The van der Waals surface area contributed by atoms with E-state index in [0.29, 0.717) is 29.0 Å². The van der Waals surface area contributed by atoms with Crippen molar-refractivity contribution in [3.63, 3.8) is 0 Å². The van der Waals surface area contributed by atoms with Crippen molar-refractivity contribution in [3.05, 3.63) is 48.7 Å². The predicted octanol–water partition coefficient (Wildman–Crippen LogP) is 1.82. The number of halogens is 1. The minimum atomic E-state index is -0.512. The number of anilines is 1. The number of amides is 1. The van der Waals surface area contributed by atoms with E-state index >= 15 is 0 Å². The summed E-state index contributed by atoms with van der Waals surface area (Å²) in [5, 5.41) is 4.01. The number of cyclic esters (lactones) is 1. The van der Waals surface area contributed by atoms with Crippen molar-refractivity contribution in [1.82, 2.24) is 14.6 Å². The number of nitrogens with zero attached hydrogens (tertiary/aromatic N) is 4. The van der Waals surface area contributed by atoms with Crippen LogP contribution in [-0.2, 0) is 4.74 Å². The molecular weight excluding hydrogens is 313 g/mol. The van der Waals surface area contributed by atoms with Gasteiger partial charge in [0.05, 0.1) is 12.2 Å². The highest BCUT2D eigenvalue weighted by Crippen LogP contribution is 2.29. The predicted molar refractivity (Wildman–Crippen MR) is 85.1 cm³/mol. The van der Waals surface area contributed by atoms with E-state index in [4.69, 9.17) is 10.5 Å². The van der Waals surface area contributed by atoms with Gasteiger partial charge in [-0.25, -0.2) is 18.7 Å². The summed E-state index contributed by atoms with van der Waals surface area (Å²) in [5.74, 6) is -0.430. The smallest absolute Gasteiger partial charge is 0.414 e. The van der Waals surface area contributed by atoms with Crippen LogP contribution >= 0.6 is 0 Å². The van der Waals surface area contributed by atoms with Gasteiger partial charge in [-0.05, 0) is 35.9 Å². The van der Waals surface area contributed by atoms with Crippen LogP contribution in [0.2, 0.25) is 0 Å². The number of fused-ring (bicyclic) bond motifs is 1. The molecule has 1 saturated heterocycles. The fourth-order valence-corrected chi connectivity index (χ4v) is 2.74. The summed E-state index contributed by atoms with van der Waals surface area (Å²) in [5.41, 5.74) is 7.69. The normalized spacial score (nSPS) is 17.5. The molecule has 3 heterocycles. The summed E-state index contributed by atoms with van der Waals surface area (Å²) < 4.78 is 21.3. The van der Waals surface area contributed by atoms with Gasteiger partial charge in [-0.2, -0.15) is 5.10 Å². The molecule has 1 aromatic carbocycles. The Morgan fingerprint density at radius 3 is 2.96 bits per heavy atom. The summed E-state index contributed by atoms with van der Waals surface area (Å²) >= 11 is 0. The number of hydrogen-bond acceptors (Lipinski definition) is 5. The fraction of sp³-hybridized carbons (Fsp3) is 0.188. The lowest BCUT2D eigenvalue weighted by Crippen LogP contribution is -2.27. The molecular formula is C16H14FN5O2. The highest BCUT2D eigenvalue weighted by atomic mass is 19.1. The first kappa shape index (κ1) is 14.6. The van der Waals surface area contributed by atoms with Crippen molar-refractivity contribution in [2.45, 2.75) is 6.10 Å². The lowest BCUT2D eigenvalue weighted by Gasteiger charge is -2.14. The van der Waals surface area contributed by atoms with Gasteiger partial charge in [-0.3, -0.25) is 4.90 Å². The molecule has 0 spiro atoms. The molecule has 0 radical (unpaired) electrons. The van der Waals surface area contributed by atoms with E-state index in [9.17, 15) is 9.18 Å². The molecule has 4 rings (SSSR count). The van der Waals surface area contributed by atoms with Gasteiger partial charge >= 0.3 is 6.09 Å². The molecule has 0 saturated carbocycles. The highest BCUT2D eigenvalue weighted by Gasteiger charge is 2.31. The Bertz CT molecular complexity index is 926. The molecule has 1 aliphatic rings. The molecule has 0 aliphatic carbocycles. The summed E-state index contributed by atoms with van der Waals surface area (Å²) in [4.78, 5) is 17.3. The zero-order valence-corrected chi connectivity index (χ0v) is 12.6. The molecule has 7 nitrogen and oxygen atoms in total. The number of benzene rings is 1. The van der Waals surface area contributed by atoms with Crippen molar-refractivity contribution in [2.24, 2.45) is 5.73 Å². The molecule has 1 fully saturated rings. The second-order valence-electron chi connectivity index (χ2n) is 5.49. The van der Waals surface area contributed by atoms with Gasteiger partial charge in [-0.15, -0.1) is 0 Å². The van der Waals surface area contributed by atoms with E-state index in [1.54, 1.807) is 35.0 Å². The standard InChI is InChI=1S/C16H14FN5O2/c17-14-6-11(21-8-12(7-18)24-16(21)23)1-2-13(14)10-3-4-22-15(5-10)19-9-20-22/h1-6,9,12H,7-8,18H2.